The van der Waals surface area contributed by atoms with E-state index in [1.165, 1.54) is 7.11 Å². The summed E-state index contributed by atoms with van der Waals surface area (Å²) in [5.74, 6) is -0.529. The Morgan fingerprint density at radius 1 is 1.00 bits per heavy atom. The first-order valence-corrected chi connectivity index (χ1v) is 10.5. The van der Waals surface area contributed by atoms with Gasteiger partial charge in [0, 0.05) is 10.6 Å². The van der Waals surface area contributed by atoms with Crippen molar-refractivity contribution >= 4 is 47.1 Å². The van der Waals surface area contributed by atoms with Gasteiger partial charge in [-0.1, -0.05) is 47.5 Å². The number of nitrogens with zero attached hydrogens (tertiary/aromatic N) is 1. The molecule has 1 heterocycles. The number of aliphatic imine (C=N–C) groups is 1. The second-order valence-corrected chi connectivity index (χ2v) is 7.89. The van der Waals surface area contributed by atoms with E-state index in [1.807, 2.05) is 13.0 Å². The van der Waals surface area contributed by atoms with Crippen molar-refractivity contribution in [3.63, 3.8) is 0 Å². The number of esters is 2. The smallest absolute Gasteiger partial charge is 0.363 e. The second-order valence-electron chi connectivity index (χ2n) is 7.08. The molecule has 1 aliphatic rings. The van der Waals surface area contributed by atoms with Crippen LogP contribution >= 0.6 is 23.2 Å². The minimum Gasteiger partial charge on any atom is -0.493 e. The Morgan fingerprint density at radius 3 is 2.52 bits per heavy atom. The van der Waals surface area contributed by atoms with E-state index in [0.717, 1.165) is 5.56 Å². The minimum absolute atomic E-state index is 0.115. The molecule has 6 nitrogen and oxygen atoms in total. The number of aryl methyl sites for hydroxylation is 1. The lowest BCUT2D eigenvalue weighted by Gasteiger charge is -2.10. The van der Waals surface area contributed by atoms with Crippen LogP contribution in [-0.4, -0.2) is 24.9 Å². The lowest BCUT2D eigenvalue weighted by atomic mass is 10.1. The van der Waals surface area contributed by atoms with Crippen LogP contribution in [0.5, 0.6) is 11.5 Å². The first-order valence-electron chi connectivity index (χ1n) is 9.79. The number of halogens is 2. The molecule has 0 aliphatic carbocycles. The summed E-state index contributed by atoms with van der Waals surface area (Å²) in [5.41, 5.74) is 2.46. The number of carbonyl (C=O) groups excluding carboxylic acids is 2. The number of hydrogen-bond acceptors (Lipinski definition) is 6. The molecule has 3 aromatic rings. The van der Waals surface area contributed by atoms with Gasteiger partial charge < -0.3 is 14.2 Å². The van der Waals surface area contributed by atoms with Crippen LogP contribution in [0.25, 0.3) is 6.08 Å². The standard InChI is InChI=1S/C25H17Cl2NO5/c1-14-7-9-16(13-19(14)27)23-28-20(25(30)33-23)11-15-8-10-21(22(12-15)31-2)32-24(29)17-5-3-4-6-18(17)26/h3-13H,1-2H3/b20-11-. The molecule has 0 aromatic heterocycles. The summed E-state index contributed by atoms with van der Waals surface area (Å²) in [5, 5.41) is 0.835. The predicted molar refractivity (Wildman–Crippen MR) is 126 cm³/mol. The Labute approximate surface area is 200 Å². The van der Waals surface area contributed by atoms with E-state index >= 15 is 0 Å². The van der Waals surface area contributed by atoms with Gasteiger partial charge in [0.15, 0.2) is 17.2 Å². The van der Waals surface area contributed by atoms with Gasteiger partial charge in [-0.25, -0.2) is 14.6 Å². The van der Waals surface area contributed by atoms with Crippen LogP contribution < -0.4 is 9.47 Å². The van der Waals surface area contributed by atoms with Gasteiger partial charge in [-0.3, -0.25) is 0 Å². The molecular formula is C25H17Cl2NO5. The van der Waals surface area contributed by atoms with Crippen molar-refractivity contribution in [1.82, 2.24) is 0 Å². The normalized spacial score (nSPS) is 14.1. The molecule has 8 heteroatoms. The molecule has 0 N–H and O–H groups in total. The Hall–Kier alpha value is -3.61. The summed E-state index contributed by atoms with van der Waals surface area (Å²) in [4.78, 5) is 29.1. The average Bonchev–Trinajstić information content (AvgIpc) is 3.16. The molecule has 0 spiro atoms. The van der Waals surface area contributed by atoms with E-state index in [1.54, 1.807) is 60.7 Å². The van der Waals surface area contributed by atoms with Crippen LogP contribution in [0.4, 0.5) is 0 Å². The van der Waals surface area contributed by atoms with Crippen LogP contribution in [0.1, 0.15) is 27.0 Å². The Bertz CT molecular complexity index is 1330. The van der Waals surface area contributed by atoms with E-state index < -0.39 is 11.9 Å². The highest BCUT2D eigenvalue weighted by atomic mass is 35.5. The van der Waals surface area contributed by atoms with Crippen molar-refractivity contribution in [2.45, 2.75) is 6.92 Å². The van der Waals surface area contributed by atoms with Gasteiger partial charge in [0.2, 0.25) is 5.90 Å². The summed E-state index contributed by atoms with van der Waals surface area (Å²) in [6.07, 6.45) is 1.55. The van der Waals surface area contributed by atoms with Crippen molar-refractivity contribution in [2.75, 3.05) is 7.11 Å². The molecule has 33 heavy (non-hydrogen) atoms. The van der Waals surface area contributed by atoms with Crippen LogP contribution in [0.15, 0.2) is 71.4 Å². The predicted octanol–water partition coefficient (Wildman–Crippen LogP) is 5.87. The van der Waals surface area contributed by atoms with Gasteiger partial charge in [0.05, 0.1) is 17.7 Å². The fourth-order valence-corrected chi connectivity index (χ4v) is 3.45. The highest BCUT2D eigenvalue weighted by molar-refractivity contribution is 6.33. The summed E-state index contributed by atoms with van der Waals surface area (Å²) in [6, 6.07) is 16.7. The van der Waals surface area contributed by atoms with Crippen molar-refractivity contribution in [1.29, 1.82) is 0 Å². The zero-order valence-electron chi connectivity index (χ0n) is 17.6. The number of hydrogen-bond donors (Lipinski definition) is 0. The second kappa shape index (κ2) is 9.48. The molecule has 1 aliphatic heterocycles. The molecule has 0 atom stereocenters. The molecule has 0 saturated carbocycles. The van der Waals surface area contributed by atoms with Gasteiger partial charge in [-0.15, -0.1) is 0 Å². The van der Waals surface area contributed by atoms with E-state index in [4.69, 9.17) is 37.4 Å². The van der Waals surface area contributed by atoms with Crippen molar-refractivity contribution in [3.8, 4) is 11.5 Å². The van der Waals surface area contributed by atoms with Gasteiger partial charge >= 0.3 is 11.9 Å². The average molecular weight is 482 g/mol. The largest absolute Gasteiger partial charge is 0.493 e. The SMILES string of the molecule is COc1cc(/C=C2\N=C(c3ccc(C)c(Cl)c3)OC2=O)ccc1OC(=O)c1ccccc1Cl. The van der Waals surface area contributed by atoms with E-state index in [0.29, 0.717) is 21.9 Å². The summed E-state index contributed by atoms with van der Waals surface area (Å²) < 4.78 is 16.1. The Balaban J connectivity index is 1.59. The lowest BCUT2D eigenvalue weighted by molar-refractivity contribution is -0.129. The van der Waals surface area contributed by atoms with Gasteiger partial charge in [0.25, 0.3) is 0 Å². The third-order valence-corrected chi connectivity index (χ3v) is 5.56. The maximum absolute atomic E-state index is 12.5. The van der Waals surface area contributed by atoms with Crippen LogP contribution in [0, 0.1) is 6.92 Å². The fraction of sp³-hybridized carbons (Fsp3) is 0.0800. The molecule has 3 aromatic carbocycles. The molecule has 0 saturated heterocycles. The third-order valence-electron chi connectivity index (χ3n) is 4.83. The van der Waals surface area contributed by atoms with Crippen LogP contribution in [-0.2, 0) is 9.53 Å². The van der Waals surface area contributed by atoms with Crippen molar-refractivity contribution in [3.05, 3.63) is 98.7 Å². The first kappa shape index (κ1) is 22.6. The van der Waals surface area contributed by atoms with Gasteiger partial charge in [-0.2, -0.15) is 0 Å². The maximum atomic E-state index is 12.5. The highest BCUT2D eigenvalue weighted by Gasteiger charge is 2.25. The molecule has 166 valence electrons. The Morgan fingerprint density at radius 2 is 1.79 bits per heavy atom. The van der Waals surface area contributed by atoms with Crippen molar-refractivity contribution < 1.29 is 23.8 Å². The monoisotopic (exact) mass is 481 g/mol. The minimum atomic E-state index is -0.615. The van der Waals surface area contributed by atoms with E-state index in [-0.39, 0.29) is 27.9 Å². The van der Waals surface area contributed by atoms with E-state index in [2.05, 4.69) is 4.99 Å². The Kier molecular flexibility index (Phi) is 6.49. The lowest BCUT2D eigenvalue weighted by Crippen LogP contribution is -2.09. The molecular weight excluding hydrogens is 465 g/mol. The number of methoxy groups -OCH3 is 1. The summed E-state index contributed by atoms with van der Waals surface area (Å²) in [7, 11) is 1.44. The summed E-state index contributed by atoms with van der Waals surface area (Å²) in [6.45, 7) is 1.88. The zero-order chi connectivity index (χ0) is 23.5. The molecule has 0 radical (unpaired) electrons. The number of cyclic esters (lactones) is 1. The van der Waals surface area contributed by atoms with E-state index in [9.17, 15) is 9.59 Å². The first-order chi connectivity index (χ1) is 15.9. The fourth-order valence-electron chi connectivity index (χ4n) is 3.06. The molecule has 0 amide bonds. The van der Waals surface area contributed by atoms with Gasteiger partial charge in [0.1, 0.15) is 0 Å². The zero-order valence-corrected chi connectivity index (χ0v) is 19.1. The topological polar surface area (TPSA) is 74.2 Å². The quantitative estimate of drug-likeness (QED) is 0.258. The van der Waals surface area contributed by atoms with Crippen LogP contribution in [0.3, 0.4) is 0 Å². The number of carbonyl (C=O) groups is 2. The van der Waals surface area contributed by atoms with Crippen molar-refractivity contribution in [2.24, 2.45) is 4.99 Å². The number of ether oxygens (including phenoxy) is 3. The van der Waals surface area contributed by atoms with Gasteiger partial charge in [-0.05, 0) is 60.5 Å². The molecule has 0 unspecified atom stereocenters. The van der Waals surface area contributed by atoms with Crippen LogP contribution in [0.2, 0.25) is 10.0 Å². The number of rotatable bonds is 5. The highest BCUT2D eigenvalue weighted by Crippen LogP contribution is 2.31. The maximum Gasteiger partial charge on any atom is 0.363 e. The summed E-state index contributed by atoms with van der Waals surface area (Å²) >= 11 is 12.2. The molecule has 4 rings (SSSR count). The molecule has 0 fully saturated rings. The number of benzene rings is 3. The third kappa shape index (κ3) is 4.92. The molecule has 0 bridgehead atoms.